The van der Waals surface area contributed by atoms with Crippen LogP contribution in [0, 0.1) is 0 Å². The molecule has 0 radical (unpaired) electrons. The number of aromatic nitrogens is 1. The monoisotopic (exact) mass is 309 g/mol. The number of ether oxygens (including phenoxy) is 1. The molecular formula is C8H12BrN3O3S. The predicted molar refractivity (Wildman–Crippen MR) is 67.0 cm³/mol. The van der Waals surface area contributed by atoms with Crippen molar-refractivity contribution in [3.63, 3.8) is 0 Å². The molecule has 0 unspecified atom stereocenters. The third-order valence-electron chi connectivity index (χ3n) is 1.42. The van der Waals surface area contributed by atoms with E-state index in [1.165, 1.54) is 18.4 Å². The van der Waals surface area contributed by atoms with Crippen LogP contribution in [0.2, 0.25) is 0 Å². The highest BCUT2D eigenvalue weighted by Crippen LogP contribution is 2.12. The van der Waals surface area contributed by atoms with Gasteiger partial charge in [0.05, 0.1) is 6.61 Å². The summed E-state index contributed by atoms with van der Waals surface area (Å²) in [5.41, 5.74) is 5.83. The molecule has 8 heteroatoms. The molecule has 1 heterocycles. The van der Waals surface area contributed by atoms with Gasteiger partial charge in [-0.15, -0.1) is 28.3 Å². The number of hydrogen-bond acceptors (Lipinski definition) is 7. The van der Waals surface area contributed by atoms with Gasteiger partial charge in [-0.05, 0) is 6.92 Å². The SMILES string of the molecule is Br.CCOC(=O)C(=NOC)c1csc(N)n1. The molecule has 2 N–H and O–H groups in total. The Bertz CT molecular complexity index is 380. The summed E-state index contributed by atoms with van der Waals surface area (Å²) in [5.74, 6) is -0.579. The van der Waals surface area contributed by atoms with Crippen LogP contribution >= 0.6 is 28.3 Å². The summed E-state index contributed by atoms with van der Waals surface area (Å²) >= 11 is 1.22. The van der Waals surface area contributed by atoms with Crippen LogP contribution in [0.15, 0.2) is 10.5 Å². The summed E-state index contributed by atoms with van der Waals surface area (Å²) in [5, 5.41) is 5.53. The second-order valence-corrected chi connectivity index (χ2v) is 3.30. The summed E-state index contributed by atoms with van der Waals surface area (Å²) in [4.78, 5) is 19.9. The number of nitrogen functional groups attached to an aromatic ring is 1. The Morgan fingerprint density at radius 1 is 1.69 bits per heavy atom. The summed E-state index contributed by atoms with van der Waals surface area (Å²) in [6, 6.07) is 0. The van der Waals surface area contributed by atoms with E-state index < -0.39 is 5.97 Å². The van der Waals surface area contributed by atoms with E-state index in [2.05, 4.69) is 15.0 Å². The van der Waals surface area contributed by atoms with E-state index in [0.717, 1.165) is 0 Å². The number of anilines is 1. The largest absolute Gasteiger partial charge is 0.461 e. The summed E-state index contributed by atoms with van der Waals surface area (Å²) in [6.07, 6.45) is 0. The molecule has 1 aromatic rings. The van der Waals surface area contributed by atoms with Gasteiger partial charge in [0.1, 0.15) is 12.8 Å². The molecule has 16 heavy (non-hydrogen) atoms. The number of thiazole rings is 1. The molecule has 0 aliphatic heterocycles. The quantitative estimate of drug-likeness (QED) is 0.513. The smallest absolute Gasteiger partial charge is 0.362 e. The number of halogens is 1. The number of esters is 1. The van der Waals surface area contributed by atoms with Crippen molar-refractivity contribution in [3.05, 3.63) is 11.1 Å². The van der Waals surface area contributed by atoms with Crippen LogP contribution < -0.4 is 5.73 Å². The van der Waals surface area contributed by atoms with Crippen molar-refractivity contribution in [1.82, 2.24) is 4.98 Å². The predicted octanol–water partition coefficient (Wildman–Crippen LogP) is 1.22. The lowest BCUT2D eigenvalue weighted by Crippen LogP contribution is -2.19. The van der Waals surface area contributed by atoms with Crippen molar-refractivity contribution in [2.75, 3.05) is 19.5 Å². The van der Waals surface area contributed by atoms with Crippen molar-refractivity contribution < 1.29 is 14.4 Å². The third-order valence-corrected chi connectivity index (χ3v) is 2.09. The number of oxime groups is 1. The molecule has 1 aromatic heterocycles. The van der Waals surface area contributed by atoms with E-state index in [1.54, 1.807) is 12.3 Å². The Morgan fingerprint density at radius 2 is 2.38 bits per heavy atom. The number of carbonyl (C=O) groups is 1. The molecule has 0 saturated heterocycles. The van der Waals surface area contributed by atoms with Gasteiger partial charge in [-0.25, -0.2) is 9.78 Å². The van der Waals surface area contributed by atoms with Gasteiger partial charge in [0.25, 0.3) is 0 Å². The molecule has 0 aromatic carbocycles. The van der Waals surface area contributed by atoms with Gasteiger partial charge in [-0.1, -0.05) is 5.16 Å². The Hall–Kier alpha value is -1.15. The highest BCUT2D eigenvalue weighted by Gasteiger charge is 2.19. The standard InChI is InChI=1S/C8H11N3O3S.BrH/c1-3-14-7(12)6(11-13-2)5-4-15-8(9)10-5;/h4H,3H2,1-2H3,(H2,9,10);1H. The minimum atomic E-state index is -0.579. The fourth-order valence-electron chi connectivity index (χ4n) is 0.876. The number of hydrogen-bond donors (Lipinski definition) is 1. The molecule has 0 amide bonds. The molecule has 0 atom stereocenters. The zero-order chi connectivity index (χ0) is 11.3. The first-order valence-corrected chi connectivity index (χ1v) is 5.06. The highest BCUT2D eigenvalue weighted by molar-refractivity contribution is 8.93. The lowest BCUT2D eigenvalue weighted by atomic mass is 10.3. The minimum Gasteiger partial charge on any atom is -0.461 e. The second-order valence-electron chi connectivity index (χ2n) is 2.41. The third kappa shape index (κ3) is 3.78. The van der Waals surface area contributed by atoms with Crippen molar-refractivity contribution in [3.8, 4) is 0 Å². The fraction of sp³-hybridized carbons (Fsp3) is 0.375. The van der Waals surface area contributed by atoms with E-state index in [1.807, 2.05) is 0 Å². The Balaban J connectivity index is 0.00000225. The fourth-order valence-corrected chi connectivity index (χ4v) is 1.42. The molecule has 6 nitrogen and oxygen atoms in total. The van der Waals surface area contributed by atoms with Crippen molar-refractivity contribution in [2.24, 2.45) is 5.16 Å². The molecule has 0 aliphatic carbocycles. The second kappa shape index (κ2) is 7.18. The van der Waals surface area contributed by atoms with Crippen LogP contribution in [0.1, 0.15) is 12.6 Å². The molecule has 90 valence electrons. The molecule has 0 fully saturated rings. The van der Waals surface area contributed by atoms with Gasteiger partial charge in [-0.3, -0.25) is 0 Å². The summed E-state index contributed by atoms with van der Waals surface area (Å²) < 4.78 is 4.79. The van der Waals surface area contributed by atoms with Gasteiger partial charge in [-0.2, -0.15) is 0 Å². The molecule has 1 rings (SSSR count). The molecule has 0 aliphatic rings. The first-order chi connectivity index (χ1) is 7.19. The van der Waals surface area contributed by atoms with E-state index in [9.17, 15) is 4.79 Å². The minimum absolute atomic E-state index is 0. The molecule has 0 saturated carbocycles. The zero-order valence-electron chi connectivity index (χ0n) is 8.80. The summed E-state index contributed by atoms with van der Waals surface area (Å²) in [7, 11) is 1.34. The van der Waals surface area contributed by atoms with Crippen LogP contribution in [0.4, 0.5) is 5.13 Å². The van der Waals surface area contributed by atoms with Gasteiger partial charge in [0, 0.05) is 5.38 Å². The van der Waals surface area contributed by atoms with Crippen LogP contribution in [0.5, 0.6) is 0 Å². The average molecular weight is 310 g/mol. The van der Waals surface area contributed by atoms with Crippen LogP contribution in [-0.4, -0.2) is 30.4 Å². The Morgan fingerprint density at radius 3 is 2.81 bits per heavy atom. The number of nitrogens with two attached hydrogens (primary N) is 1. The Kier molecular flexibility index (Phi) is 6.66. The lowest BCUT2D eigenvalue weighted by molar-refractivity contribution is -0.135. The van der Waals surface area contributed by atoms with E-state index >= 15 is 0 Å². The van der Waals surface area contributed by atoms with E-state index in [0.29, 0.717) is 10.8 Å². The molecule has 0 spiro atoms. The van der Waals surface area contributed by atoms with Gasteiger partial charge in [0.2, 0.25) is 5.71 Å². The maximum Gasteiger partial charge on any atom is 0.362 e. The zero-order valence-corrected chi connectivity index (χ0v) is 11.3. The number of carbonyl (C=O) groups excluding carboxylic acids is 1. The molecular weight excluding hydrogens is 298 g/mol. The normalized spacial score (nSPS) is 10.5. The topological polar surface area (TPSA) is 86.8 Å². The van der Waals surface area contributed by atoms with Crippen molar-refractivity contribution in [1.29, 1.82) is 0 Å². The van der Waals surface area contributed by atoms with Crippen molar-refractivity contribution >= 4 is 45.1 Å². The average Bonchev–Trinajstić information content (AvgIpc) is 2.61. The van der Waals surface area contributed by atoms with E-state index in [4.69, 9.17) is 10.5 Å². The van der Waals surface area contributed by atoms with Crippen LogP contribution in [0.3, 0.4) is 0 Å². The molecule has 0 bridgehead atoms. The van der Waals surface area contributed by atoms with Crippen LogP contribution in [0.25, 0.3) is 0 Å². The maximum atomic E-state index is 11.4. The summed E-state index contributed by atoms with van der Waals surface area (Å²) in [6.45, 7) is 1.97. The highest BCUT2D eigenvalue weighted by atomic mass is 79.9. The first-order valence-electron chi connectivity index (χ1n) is 4.18. The van der Waals surface area contributed by atoms with E-state index in [-0.39, 0.29) is 29.3 Å². The van der Waals surface area contributed by atoms with Gasteiger partial charge >= 0.3 is 5.97 Å². The number of nitrogens with zero attached hydrogens (tertiary/aromatic N) is 2. The van der Waals surface area contributed by atoms with Gasteiger partial charge < -0.3 is 15.3 Å². The number of rotatable bonds is 4. The Labute approximate surface area is 107 Å². The first kappa shape index (κ1) is 14.8. The maximum absolute atomic E-state index is 11.4. The van der Waals surface area contributed by atoms with Crippen LogP contribution in [-0.2, 0) is 14.4 Å². The van der Waals surface area contributed by atoms with Crippen molar-refractivity contribution in [2.45, 2.75) is 6.92 Å². The lowest BCUT2D eigenvalue weighted by Gasteiger charge is -2.01. The van der Waals surface area contributed by atoms with Gasteiger partial charge in [0.15, 0.2) is 5.13 Å².